The van der Waals surface area contributed by atoms with E-state index in [9.17, 15) is 9.59 Å². The van der Waals surface area contributed by atoms with Gasteiger partial charge in [-0.1, -0.05) is 13.8 Å². The van der Waals surface area contributed by atoms with Gasteiger partial charge in [-0.15, -0.1) is 0 Å². The first-order valence-electron chi connectivity index (χ1n) is 4.96. The van der Waals surface area contributed by atoms with E-state index in [1.165, 1.54) is 24.5 Å². The molecule has 16 heavy (non-hydrogen) atoms. The van der Waals surface area contributed by atoms with E-state index in [1.54, 1.807) is 13.8 Å². The average molecular weight is 222 g/mol. The summed E-state index contributed by atoms with van der Waals surface area (Å²) in [5.74, 6) is -1.59. The summed E-state index contributed by atoms with van der Waals surface area (Å²) >= 11 is 0. The van der Waals surface area contributed by atoms with Crippen molar-refractivity contribution < 1.29 is 14.7 Å². The van der Waals surface area contributed by atoms with Crippen LogP contribution in [0.4, 0.5) is 0 Å². The molecule has 1 aromatic heterocycles. The van der Waals surface area contributed by atoms with Crippen molar-refractivity contribution in [2.24, 2.45) is 5.92 Å². The van der Waals surface area contributed by atoms with Crippen LogP contribution in [-0.2, 0) is 4.79 Å². The number of aromatic nitrogens is 1. The molecule has 2 N–H and O–H groups in total. The SMILES string of the molecule is CC(C)[C@@H](NC(=O)c1ccncc1)C(=O)O. The van der Waals surface area contributed by atoms with E-state index in [1.807, 2.05) is 0 Å². The summed E-state index contributed by atoms with van der Waals surface area (Å²) < 4.78 is 0. The van der Waals surface area contributed by atoms with Crippen LogP contribution < -0.4 is 5.32 Å². The molecule has 0 spiro atoms. The Kier molecular flexibility index (Phi) is 3.99. The van der Waals surface area contributed by atoms with Gasteiger partial charge in [-0.05, 0) is 18.1 Å². The molecule has 5 nitrogen and oxygen atoms in total. The molecule has 86 valence electrons. The molecule has 1 atom stereocenters. The highest BCUT2D eigenvalue weighted by Gasteiger charge is 2.23. The third kappa shape index (κ3) is 3.05. The number of hydrogen-bond acceptors (Lipinski definition) is 3. The second-order valence-electron chi connectivity index (χ2n) is 3.77. The highest BCUT2D eigenvalue weighted by molar-refractivity contribution is 5.96. The Labute approximate surface area is 93.5 Å². The lowest BCUT2D eigenvalue weighted by atomic mass is 10.0. The number of hydrogen-bond donors (Lipinski definition) is 2. The Balaban J connectivity index is 2.74. The first-order valence-corrected chi connectivity index (χ1v) is 4.96. The van der Waals surface area contributed by atoms with E-state index in [0.717, 1.165) is 0 Å². The van der Waals surface area contributed by atoms with Gasteiger partial charge in [-0.3, -0.25) is 9.78 Å². The summed E-state index contributed by atoms with van der Waals surface area (Å²) in [5, 5.41) is 11.4. The van der Waals surface area contributed by atoms with E-state index >= 15 is 0 Å². The Bertz CT molecular complexity index is 376. The fourth-order valence-corrected chi connectivity index (χ4v) is 1.24. The van der Waals surface area contributed by atoms with Gasteiger partial charge in [0.05, 0.1) is 0 Å². The lowest BCUT2D eigenvalue weighted by Crippen LogP contribution is -2.44. The molecular weight excluding hydrogens is 208 g/mol. The lowest BCUT2D eigenvalue weighted by Gasteiger charge is -2.17. The molecule has 0 bridgehead atoms. The number of amides is 1. The van der Waals surface area contributed by atoms with E-state index in [0.29, 0.717) is 5.56 Å². The Hall–Kier alpha value is -1.91. The molecule has 5 heteroatoms. The van der Waals surface area contributed by atoms with Crippen molar-refractivity contribution in [2.45, 2.75) is 19.9 Å². The van der Waals surface area contributed by atoms with Crippen molar-refractivity contribution in [3.8, 4) is 0 Å². The third-order valence-corrected chi connectivity index (χ3v) is 2.16. The maximum absolute atomic E-state index is 11.7. The molecule has 1 aromatic rings. The van der Waals surface area contributed by atoms with Gasteiger partial charge in [-0.2, -0.15) is 0 Å². The van der Waals surface area contributed by atoms with Gasteiger partial charge in [0.15, 0.2) is 0 Å². The monoisotopic (exact) mass is 222 g/mol. The largest absolute Gasteiger partial charge is 0.480 e. The summed E-state index contributed by atoms with van der Waals surface area (Å²) in [6.45, 7) is 3.48. The number of carbonyl (C=O) groups excluding carboxylic acids is 1. The maximum atomic E-state index is 11.7. The van der Waals surface area contributed by atoms with E-state index in [2.05, 4.69) is 10.3 Å². The zero-order chi connectivity index (χ0) is 12.1. The Morgan fingerprint density at radius 2 is 1.88 bits per heavy atom. The number of carboxylic acids is 1. The van der Waals surface area contributed by atoms with Crippen molar-refractivity contribution in [1.82, 2.24) is 10.3 Å². The van der Waals surface area contributed by atoms with Crippen LogP contribution in [0.1, 0.15) is 24.2 Å². The van der Waals surface area contributed by atoms with Crippen molar-refractivity contribution in [2.75, 3.05) is 0 Å². The standard InChI is InChI=1S/C11H14N2O3/c1-7(2)9(11(15)16)13-10(14)8-3-5-12-6-4-8/h3-7,9H,1-2H3,(H,13,14)(H,15,16)/t9-/m1/s1. The minimum atomic E-state index is -1.03. The number of nitrogens with zero attached hydrogens (tertiary/aromatic N) is 1. The molecule has 0 saturated heterocycles. The second kappa shape index (κ2) is 5.25. The number of carboxylic acid groups (broad SMARTS) is 1. The molecule has 0 saturated carbocycles. The van der Waals surface area contributed by atoms with Gasteiger partial charge >= 0.3 is 5.97 Å². The number of rotatable bonds is 4. The van der Waals surface area contributed by atoms with Crippen LogP contribution in [-0.4, -0.2) is 28.0 Å². The first-order chi connectivity index (χ1) is 7.52. The van der Waals surface area contributed by atoms with Gasteiger partial charge in [0.25, 0.3) is 5.91 Å². The third-order valence-electron chi connectivity index (χ3n) is 2.16. The molecule has 0 aliphatic heterocycles. The summed E-state index contributed by atoms with van der Waals surface area (Å²) in [5.41, 5.74) is 0.405. The molecule has 0 unspecified atom stereocenters. The summed E-state index contributed by atoms with van der Waals surface area (Å²) in [6, 6.07) is 2.20. The Morgan fingerprint density at radius 1 is 1.31 bits per heavy atom. The minimum Gasteiger partial charge on any atom is -0.480 e. The molecule has 0 aliphatic carbocycles. The number of aliphatic carboxylic acids is 1. The number of nitrogens with one attached hydrogen (secondary N) is 1. The normalized spacial score (nSPS) is 12.2. The molecular formula is C11H14N2O3. The fraction of sp³-hybridized carbons (Fsp3) is 0.364. The van der Waals surface area contributed by atoms with Crippen molar-refractivity contribution in [1.29, 1.82) is 0 Å². The summed E-state index contributed by atoms with van der Waals surface area (Å²) in [6.07, 6.45) is 2.97. The van der Waals surface area contributed by atoms with Gasteiger partial charge in [0.2, 0.25) is 0 Å². The molecule has 1 rings (SSSR count). The predicted octanol–water partition coefficient (Wildman–Crippen LogP) is 0.921. The van der Waals surface area contributed by atoms with Gasteiger partial charge in [0, 0.05) is 18.0 Å². The smallest absolute Gasteiger partial charge is 0.326 e. The number of carbonyl (C=O) groups is 2. The van der Waals surface area contributed by atoms with Crippen LogP contribution >= 0.6 is 0 Å². The van der Waals surface area contributed by atoms with E-state index in [-0.39, 0.29) is 5.92 Å². The van der Waals surface area contributed by atoms with Crippen LogP contribution in [0.5, 0.6) is 0 Å². The first kappa shape index (κ1) is 12.2. The van der Waals surface area contributed by atoms with Gasteiger partial charge < -0.3 is 10.4 Å². The zero-order valence-corrected chi connectivity index (χ0v) is 9.18. The van der Waals surface area contributed by atoms with Crippen molar-refractivity contribution in [3.05, 3.63) is 30.1 Å². The molecule has 0 aromatic carbocycles. The molecule has 0 aliphatic rings. The lowest BCUT2D eigenvalue weighted by molar-refractivity contribution is -0.140. The van der Waals surface area contributed by atoms with Crippen LogP contribution in [0, 0.1) is 5.92 Å². The summed E-state index contributed by atoms with van der Waals surface area (Å²) in [7, 11) is 0. The van der Waals surface area contributed by atoms with Crippen LogP contribution in [0.15, 0.2) is 24.5 Å². The van der Waals surface area contributed by atoms with E-state index in [4.69, 9.17) is 5.11 Å². The second-order valence-corrected chi connectivity index (χ2v) is 3.77. The van der Waals surface area contributed by atoms with E-state index < -0.39 is 17.9 Å². The Morgan fingerprint density at radius 3 is 2.31 bits per heavy atom. The van der Waals surface area contributed by atoms with Crippen LogP contribution in [0.3, 0.4) is 0 Å². The quantitative estimate of drug-likeness (QED) is 0.794. The zero-order valence-electron chi connectivity index (χ0n) is 9.18. The minimum absolute atomic E-state index is 0.164. The van der Waals surface area contributed by atoms with Gasteiger partial charge in [-0.25, -0.2) is 4.79 Å². The molecule has 0 radical (unpaired) electrons. The fourth-order valence-electron chi connectivity index (χ4n) is 1.24. The van der Waals surface area contributed by atoms with Crippen LogP contribution in [0.2, 0.25) is 0 Å². The predicted molar refractivity (Wildman–Crippen MR) is 58.0 cm³/mol. The highest BCUT2D eigenvalue weighted by atomic mass is 16.4. The topological polar surface area (TPSA) is 79.3 Å². The van der Waals surface area contributed by atoms with Crippen molar-refractivity contribution >= 4 is 11.9 Å². The molecule has 1 heterocycles. The summed E-state index contributed by atoms with van der Waals surface area (Å²) in [4.78, 5) is 26.3. The van der Waals surface area contributed by atoms with Crippen LogP contribution in [0.25, 0.3) is 0 Å². The molecule has 1 amide bonds. The average Bonchev–Trinajstić information content (AvgIpc) is 2.25. The van der Waals surface area contributed by atoms with Crippen molar-refractivity contribution in [3.63, 3.8) is 0 Å². The maximum Gasteiger partial charge on any atom is 0.326 e. The number of pyridine rings is 1. The van der Waals surface area contributed by atoms with Gasteiger partial charge in [0.1, 0.15) is 6.04 Å². The molecule has 0 fully saturated rings. The highest BCUT2D eigenvalue weighted by Crippen LogP contribution is 2.04.